The molecule has 1 saturated heterocycles. The zero-order chi connectivity index (χ0) is 17.6. The molecule has 1 aliphatic carbocycles. The molecule has 0 radical (unpaired) electrons. The van der Waals surface area contributed by atoms with Crippen molar-refractivity contribution >= 4 is 11.9 Å². The summed E-state index contributed by atoms with van der Waals surface area (Å²) in [5.41, 5.74) is 1.30. The summed E-state index contributed by atoms with van der Waals surface area (Å²) >= 11 is 0. The van der Waals surface area contributed by atoms with Crippen LogP contribution in [0.25, 0.3) is 0 Å². The molecule has 5 nitrogen and oxygen atoms in total. The highest BCUT2D eigenvalue weighted by Crippen LogP contribution is 2.21. The van der Waals surface area contributed by atoms with E-state index in [0.29, 0.717) is 12.6 Å². The monoisotopic (exact) mass is 343 g/mol. The van der Waals surface area contributed by atoms with Crippen molar-refractivity contribution in [1.29, 1.82) is 0 Å². The Morgan fingerprint density at radius 3 is 2.68 bits per heavy atom. The molecule has 1 aromatic rings. The summed E-state index contributed by atoms with van der Waals surface area (Å²) in [6, 6.07) is 10.8. The van der Waals surface area contributed by atoms with Gasteiger partial charge in [0.05, 0.1) is 5.92 Å². The number of amides is 3. The quantitative estimate of drug-likeness (QED) is 0.834. The van der Waals surface area contributed by atoms with Gasteiger partial charge in [-0.2, -0.15) is 0 Å². The maximum atomic E-state index is 12.6. The Morgan fingerprint density at radius 2 is 1.96 bits per heavy atom. The molecule has 3 amide bonds. The highest BCUT2D eigenvalue weighted by atomic mass is 16.2. The van der Waals surface area contributed by atoms with E-state index in [1.807, 2.05) is 18.2 Å². The number of piperidine rings is 1. The molecule has 0 aromatic heterocycles. The smallest absolute Gasteiger partial charge is 0.317 e. The zero-order valence-electron chi connectivity index (χ0n) is 15.0. The highest BCUT2D eigenvalue weighted by molar-refractivity contribution is 5.81. The van der Waals surface area contributed by atoms with Gasteiger partial charge in [-0.05, 0) is 51.0 Å². The Hall–Kier alpha value is -2.04. The van der Waals surface area contributed by atoms with Gasteiger partial charge in [-0.3, -0.25) is 4.79 Å². The van der Waals surface area contributed by atoms with Crippen molar-refractivity contribution in [2.75, 3.05) is 13.1 Å². The van der Waals surface area contributed by atoms with E-state index in [1.54, 1.807) is 4.90 Å². The van der Waals surface area contributed by atoms with Crippen molar-refractivity contribution in [2.45, 2.75) is 57.5 Å². The standard InChI is InChI=1S/C20H29N3O2/c1-15(9-10-16-6-3-2-4-7-16)21-19(24)17-8-5-13-23(14-17)20(25)22-18-11-12-18/h2-4,6-7,15,17-18H,5,8-14H2,1H3,(H,21,24)(H,22,25). The van der Waals surface area contributed by atoms with Crippen molar-refractivity contribution in [3.8, 4) is 0 Å². The fourth-order valence-electron chi connectivity index (χ4n) is 3.33. The van der Waals surface area contributed by atoms with Crippen molar-refractivity contribution in [3.05, 3.63) is 35.9 Å². The summed E-state index contributed by atoms with van der Waals surface area (Å²) in [4.78, 5) is 26.5. The van der Waals surface area contributed by atoms with Gasteiger partial charge >= 0.3 is 6.03 Å². The number of nitrogens with zero attached hydrogens (tertiary/aromatic N) is 1. The summed E-state index contributed by atoms with van der Waals surface area (Å²) in [6.07, 6.45) is 5.82. The zero-order valence-corrected chi connectivity index (χ0v) is 15.0. The van der Waals surface area contributed by atoms with E-state index in [-0.39, 0.29) is 23.9 Å². The summed E-state index contributed by atoms with van der Waals surface area (Å²) in [5.74, 6) is 0.00219. The molecule has 0 spiro atoms. The summed E-state index contributed by atoms with van der Waals surface area (Å²) in [5, 5.41) is 6.15. The van der Waals surface area contributed by atoms with Crippen LogP contribution >= 0.6 is 0 Å². The van der Waals surface area contributed by atoms with Gasteiger partial charge in [0.25, 0.3) is 0 Å². The number of rotatable bonds is 6. The maximum Gasteiger partial charge on any atom is 0.317 e. The molecule has 2 fully saturated rings. The first-order valence-corrected chi connectivity index (χ1v) is 9.51. The molecule has 3 rings (SSSR count). The maximum absolute atomic E-state index is 12.6. The predicted octanol–water partition coefficient (Wildman–Crippen LogP) is 2.71. The first kappa shape index (κ1) is 17.8. The van der Waals surface area contributed by atoms with Gasteiger partial charge in [-0.25, -0.2) is 4.79 Å². The van der Waals surface area contributed by atoms with Crippen LogP contribution in [0.3, 0.4) is 0 Å². The van der Waals surface area contributed by atoms with Crippen LogP contribution in [0.15, 0.2) is 30.3 Å². The summed E-state index contributed by atoms with van der Waals surface area (Å²) in [6.45, 7) is 3.35. The van der Waals surface area contributed by atoms with Crippen LogP contribution in [0.4, 0.5) is 4.79 Å². The molecule has 5 heteroatoms. The van der Waals surface area contributed by atoms with Crippen molar-refractivity contribution in [1.82, 2.24) is 15.5 Å². The minimum atomic E-state index is -0.0853. The molecular weight excluding hydrogens is 314 g/mol. The SMILES string of the molecule is CC(CCc1ccccc1)NC(=O)C1CCCN(C(=O)NC2CC2)C1. The molecule has 25 heavy (non-hydrogen) atoms. The number of nitrogens with one attached hydrogen (secondary N) is 2. The number of carbonyl (C=O) groups excluding carboxylic acids is 2. The largest absolute Gasteiger partial charge is 0.353 e. The minimum absolute atomic E-state index is 0.00266. The number of carbonyl (C=O) groups is 2. The van der Waals surface area contributed by atoms with E-state index >= 15 is 0 Å². The van der Waals surface area contributed by atoms with E-state index in [1.165, 1.54) is 5.56 Å². The third-order valence-corrected chi connectivity index (χ3v) is 5.08. The van der Waals surface area contributed by atoms with E-state index in [2.05, 4.69) is 29.7 Å². The van der Waals surface area contributed by atoms with Gasteiger partial charge < -0.3 is 15.5 Å². The Morgan fingerprint density at radius 1 is 1.20 bits per heavy atom. The minimum Gasteiger partial charge on any atom is -0.353 e. The second kappa shape index (κ2) is 8.37. The number of hydrogen-bond acceptors (Lipinski definition) is 2. The van der Waals surface area contributed by atoms with Crippen molar-refractivity contribution in [2.24, 2.45) is 5.92 Å². The first-order chi connectivity index (χ1) is 12.1. The lowest BCUT2D eigenvalue weighted by atomic mass is 9.96. The van der Waals surface area contributed by atoms with Gasteiger partial charge in [0.2, 0.25) is 5.91 Å². The summed E-state index contributed by atoms with van der Waals surface area (Å²) in [7, 11) is 0. The molecule has 2 unspecified atom stereocenters. The molecule has 1 aliphatic heterocycles. The number of urea groups is 1. The second-order valence-corrected chi connectivity index (χ2v) is 7.44. The van der Waals surface area contributed by atoms with Gasteiger partial charge in [-0.1, -0.05) is 30.3 Å². The third-order valence-electron chi connectivity index (χ3n) is 5.08. The fourth-order valence-corrected chi connectivity index (χ4v) is 3.33. The van der Waals surface area contributed by atoms with E-state index < -0.39 is 0 Å². The molecule has 0 bridgehead atoms. The number of aryl methyl sites for hydroxylation is 1. The number of hydrogen-bond donors (Lipinski definition) is 2. The van der Waals surface area contributed by atoms with E-state index in [9.17, 15) is 9.59 Å². The van der Waals surface area contributed by atoms with Crippen LogP contribution in [0.2, 0.25) is 0 Å². The second-order valence-electron chi connectivity index (χ2n) is 7.44. The molecular formula is C20H29N3O2. The summed E-state index contributed by atoms with van der Waals surface area (Å²) < 4.78 is 0. The Kier molecular flexibility index (Phi) is 5.95. The molecule has 2 atom stereocenters. The van der Waals surface area contributed by atoms with Crippen LogP contribution < -0.4 is 10.6 Å². The molecule has 1 saturated carbocycles. The van der Waals surface area contributed by atoms with Crippen LogP contribution in [0.1, 0.15) is 44.6 Å². The Labute approximate surface area is 150 Å². The topological polar surface area (TPSA) is 61.4 Å². The third kappa shape index (κ3) is 5.48. The van der Waals surface area contributed by atoms with Crippen molar-refractivity contribution in [3.63, 3.8) is 0 Å². The molecule has 2 aliphatic rings. The van der Waals surface area contributed by atoms with E-state index in [4.69, 9.17) is 0 Å². The van der Waals surface area contributed by atoms with E-state index in [0.717, 1.165) is 45.1 Å². The number of likely N-dealkylation sites (tertiary alicyclic amines) is 1. The lowest BCUT2D eigenvalue weighted by molar-refractivity contribution is -0.126. The fraction of sp³-hybridized carbons (Fsp3) is 0.600. The van der Waals surface area contributed by atoms with Gasteiger partial charge in [0, 0.05) is 25.2 Å². The average molecular weight is 343 g/mol. The first-order valence-electron chi connectivity index (χ1n) is 9.51. The molecule has 136 valence electrons. The van der Waals surface area contributed by atoms with Crippen LogP contribution in [-0.2, 0) is 11.2 Å². The highest BCUT2D eigenvalue weighted by Gasteiger charge is 2.31. The van der Waals surface area contributed by atoms with Crippen molar-refractivity contribution < 1.29 is 9.59 Å². The molecule has 1 aromatic carbocycles. The predicted molar refractivity (Wildman–Crippen MR) is 98.2 cm³/mol. The van der Waals surface area contributed by atoms with Crippen LogP contribution in [-0.4, -0.2) is 42.0 Å². The Bertz CT molecular complexity index is 586. The Balaban J connectivity index is 1.42. The molecule has 1 heterocycles. The number of benzene rings is 1. The molecule has 2 N–H and O–H groups in total. The van der Waals surface area contributed by atoms with Gasteiger partial charge in [0.15, 0.2) is 0 Å². The van der Waals surface area contributed by atoms with Gasteiger partial charge in [0.1, 0.15) is 0 Å². The van der Waals surface area contributed by atoms with Crippen LogP contribution in [0, 0.1) is 5.92 Å². The normalized spacial score (nSPS) is 21.5. The van der Waals surface area contributed by atoms with Crippen LogP contribution in [0.5, 0.6) is 0 Å². The average Bonchev–Trinajstić information content (AvgIpc) is 3.45. The lowest BCUT2D eigenvalue weighted by Crippen LogP contribution is -2.50. The lowest BCUT2D eigenvalue weighted by Gasteiger charge is -2.32. The van der Waals surface area contributed by atoms with Gasteiger partial charge in [-0.15, -0.1) is 0 Å².